The molecule has 1 saturated carbocycles. The molecule has 1 fully saturated rings. The molecule has 1 N–H and O–H groups in total. The summed E-state index contributed by atoms with van der Waals surface area (Å²) in [6.45, 7) is 1.68. The monoisotopic (exact) mass is 243 g/mol. The number of rotatable bonds is 8. The van der Waals surface area contributed by atoms with E-state index in [4.69, 9.17) is 0 Å². The zero-order chi connectivity index (χ0) is 12.7. The van der Waals surface area contributed by atoms with Gasteiger partial charge in [0.2, 0.25) is 0 Å². The zero-order valence-corrected chi connectivity index (χ0v) is 11.0. The van der Waals surface area contributed by atoms with Gasteiger partial charge in [-0.2, -0.15) is 0 Å². The summed E-state index contributed by atoms with van der Waals surface area (Å²) in [5, 5.41) is 9.75. The third-order valence-electron chi connectivity index (χ3n) is 3.58. The van der Waals surface area contributed by atoms with Gasteiger partial charge in [0, 0.05) is 13.0 Å². The predicted molar refractivity (Wildman–Crippen MR) is 66.7 cm³/mol. The first-order valence-electron chi connectivity index (χ1n) is 6.55. The summed E-state index contributed by atoms with van der Waals surface area (Å²) in [7, 11) is 3.40. The molecule has 4 nitrogen and oxygen atoms in total. The molecule has 0 saturated heterocycles. The molecule has 0 amide bonds. The van der Waals surface area contributed by atoms with E-state index in [1.165, 1.54) is 32.8 Å². The molecular formula is C13H25NO3. The van der Waals surface area contributed by atoms with Crippen LogP contribution in [0.25, 0.3) is 0 Å². The molecule has 0 aromatic rings. The molecular weight excluding hydrogens is 218 g/mol. The lowest BCUT2D eigenvalue weighted by Gasteiger charge is -2.28. The SMILES string of the molecule is COC(=O)CCC(O)CN(C)CCC1CCC1. The molecule has 0 heterocycles. The molecule has 0 aromatic heterocycles. The zero-order valence-electron chi connectivity index (χ0n) is 11.0. The highest BCUT2D eigenvalue weighted by Crippen LogP contribution is 2.29. The summed E-state index contributed by atoms with van der Waals surface area (Å²) in [5.41, 5.74) is 0. The molecule has 1 aliphatic carbocycles. The van der Waals surface area contributed by atoms with Crippen LogP contribution < -0.4 is 0 Å². The highest BCUT2D eigenvalue weighted by Gasteiger charge is 2.18. The lowest BCUT2D eigenvalue weighted by Crippen LogP contribution is -2.31. The van der Waals surface area contributed by atoms with Gasteiger partial charge in [0.05, 0.1) is 13.2 Å². The topological polar surface area (TPSA) is 49.8 Å². The minimum Gasteiger partial charge on any atom is -0.469 e. The summed E-state index contributed by atoms with van der Waals surface area (Å²) >= 11 is 0. The number of ether oxygens (including phenoxy) is 1. The fraction of sp³-hybridized carbons (Fsp3) is 0.923. The van der Waals surface area contributed by atoms with Crippen LogP contribution in [0.5, 0.6) is 0 Å². The lowest BCUT2D eigenvalue weighted by molar-refractivity contribution is -0.141. The van der Waals surface area contributed by atoms with E-state index in [1.54, 1.807) is 0 Å². The third kappa shape index (κ3) is 6.03. The van der Waals surface area contributed by atoms with Crippen molar-refractivity contribution in [3.05, 3.63) is 0 Å². The van der Waals surface area contributed by atoms with Gasteiger partial charge in [-0.25, -0.2) is 0 Å². The van der Waals surface area contributed by atoms with Crippen LogP contribution >= 0.6 is 0 Å². The van der Waals surface area contributed by atoms with Crippen molar-refractivity contribution in [1.29, 1.82) is 0 Å². The Hall–Kier alpha value is -0.610. The van der Waals surface area contributed by atoms with E-state index >= 15 is 0 Å². The van der Waals surface area contributed by atoms with Gasteiger partial charge < -0.3 is 14.7 Å². The van der Waals surface area contributed by atoms with E-state index in [0.29, 0.717) is 19.4 Å². The van der Waals surface area contributed by atoms with Crippen molar-refractivity contribution in [2.75, 3.05) is 27.2 Å². The highest BCUT2D eigenvalue weighted by atomic mass is 16.5. The molecule has 0 aliphatic heterocycles. The van der Waals surface area contributed by atoms with E-state index in [9.17, 15) is 9.90 Å². The molecule has 0 bridgehead atoms. The normalized spacial score (nSPS) is 17.9. The number of carbonyl (C=O) groups excluding carboxylic acids is 1. The number of methoxy groups -OCH3 is 1. The van der Waals surface area contributed by atoms with E-state index in [-0.39, 0.29) is 5.97 Å². The fourth-order valence-corrected chi connectivity index (χ4v) is 2.11. The van der Waals surface area contributed by atoms with Crippen LogP contribution in [0, 0.1) is 5.92 Å². The molecule has 4 heteroatoms. The second-order valence-electron chi connectivity index (χ2n) is 5.12. The average molecular weight is 243 g/mol. The van der Waals surface area contributed by atoms with E-state index in [0.717, 1.165) is 12.5 Å². The number of nitrogens with zero attached hydrogens (tertiary/aromatic N) is 1. The number of carbonyl (C=O) groups is 1. The Bertz CT molecular complexity index is 229. The molecule has 1 aliphatic rings. The smallest absolute Gasteiger partial charge is 0.305 e. The van der Waals surface area contributed by atoms with E-state index in [1.807, 2.05) is 7.05 Å². The predicted octanol–water partition coefficient (Wildman–Crippen LogP) is 1.42. The average Bonchev–Trinajstić information content (AvgIpc) is 2.23. The maximum atomic E-state index is 10.9. The first-order chi connectivity index (χ1) is 8.11. The molecule has 17 heavy (non-hydrogen) atoms. The van der Waals surface area contributed by atoms with Crippen molar-refractivity contribution in [2.45, 2.75) is 44.6 Å². The van der Waals surface area contributed by atoms with Crippen LogP contribution in [0.1, 0.15) is 38.5 Å². The van der Waals surface area contributed by atoms with Gasteiger partial charge in [0.15, 0.2) is 0 Å². The van der Waals surface area contributed by atoms with Crippen molar-refractivity contribution < 1.29 is 14.6 Å². The van der Waals surface area contributed by atoms with Crippen LogP contribution in [-0.2, 0) is 9.53 Å². The van der Waals surface area contributed by atoms with Crippen molar-refractivity contribution >= 4 is 5.97 Å². The van der Waals surface area contributed by atoms with Gasteiger partial charge in [0.25, 0.3) is 0 Å². The number of aliphatic hydroxyl groups is 1. The minimum absolute atomic E-state index is 0.249. The third-order valence-corrected chi connectivity index (χ3v) is 3.58. The Morgan fingerprint density at radius 2 is 2.24 bits per heavy atom. The number of esters is 1. The number of hydrogen-bond acceptors (Lipinski definition) is 4. The largest absolute Gasteiger partial charge is 0.469 e. The Kier molecular flexibility index (Phi) is 6.52. The van der Waals surface area contributed by atoms with Crippen LogP contribution in [0.15, 0.2) is 0 Å². The van der Waals surface area contributed by atoms with Gasteiger partial charge in [-0.1, -0.05) is 19.3 Å². The van der Waals surface area contributed by atoms with Crippen molar-refractivity contribution in [3.8, 4) is 0 Å². The van der Waals surface area contributed by atoms with Crippen LogP contribution in [0.2, 0.25) is 0 Å². The number of hydrogen-bond donors (Lipinski definition) is 1. The maximum Gasteiger partial charge on any atom is 0.305 e. The van der Waals surface area contributed by atoms with Crippen molar-refractivity contribution in [1.82, 2.24) is 4.90 Å². The van der Waals surface area contributed by atoms with Gasteiger partial charge in [-0.15, -0.1) is 0 Å². The molecule has 100 valence electrons. The molecule has 1 atom stereocenters. The van der Waals surface area contributed by atoms with Crippen molar-refractivity contribution in [2.24, 2.45) is 5.92 Å². The molecule has 0 radical (unpaired) electrons. The van der Waals surface area contributed by atoms with Gasteiger partial charge >= 0.3 is 5.97 Å². The van der Waals surface area contributed by atoms with Gasteiger partial charge in [-0.3, -0.25) is 4.79 Å². The minimum atomic E-state index is -0.430. The Balaban J connectivity index is 2.03. The molecule has 0 aromatic carbocycles. The summed E-state index contributed by atoms with van der Waals surface area (Å²) in [4.78, 5) is 13.1. The van der Waals surface area contributed by atoms with Crippen molar-refractivity contribution in [3.63, 3.8) is 0 Å². The maximum absolute atomic E-state index is 10.9. The summed E-state index contributed by atoms with van der Waals surface area (Å²) < 4.78 is 4.54. The first kappa shape index (κ1) is 14.5. The van der Waals surface area contributed by atoms with E-state index in [2.05, 4.69) is 9.64 Å². The van der Waals surface area contributed by atoms with E-state index < -0.39 is 6.10 Å². The Morgan fingerprint density at radius 3 is 2.76 bits per heavy atom. The number of aliphatic hydroxyl groups excluding tert-OH is 1. The second-order valence-corrected chi connectivity index (χ2v) is 5.12. The Labute approximate surface area is 104 Å². The quantitative estimate of drug-likeness (QED) is 0.655. The molecule has 0 spiro atoms. The van der Waals surface area contributed by atoms with Crippen LogP contribution in [-0.4, -0.2) is 49.3 Å². The van der Waals surface area contributed by atoms with Crippen LogP contribution in [0.3, 0.4) is 0 Å². The summed E-state index contributed by atoms with van der Waals surface area (Å²) in [6, 6.07) is 0. The molecule has 1 unspecified atom stereocenters. The van der Waals surface area contributed by atoms with Crippen LogP contribution in [0.4, 0.5) is 0 Å². The summed E-state index contributed by atoms with van der Waals surface area (Å²) in [5.74, 6) is 0.658. The Morgan fingerprint density at radius 1 is 1.53 bits per heavy atom. The standard InChI is InChI=1S/C13H25NO3/c1-14(9-8-11-4-3-5-11)10-12(15)6-7-13(16)17-2/h11-12,15H,3-10H2,1-2H3. The van der Waals surface area contributed by atoms with Gasteiger partial charge in [-0.05, 0) is 32.4 Å². The summed E-state index contributed by atoms with van der Waals surface area (Å²) in [6.07, 6.45) is 5.73. The highest BCUT2D eigenvalue weighted by molar-refractivity contribution is 5.69. The lowest BCUT2D eigenvalue weighted by atomic mass is 9.83. The second kappa shape index (κ2) is 7.67. The number of likely N-dealkylation sites (N-methyl/N-ethyl adjacent to an activating group) is 1. The fourth-order valence-electron chi connectivity index (χ4n) is 2.11. The molecule has 1 rings (SSSR count). The first-order valence-corrected chi connectivity index (χ1v) is 6.55. The van der Waals surface area contributed by atoms with Gasteiger partial charge in [0.1, 0.15) is 0 Å².